The first kappa shape index (κ1) is 40.5. The van der Waals surface area contributed by atoms with Gasteiger partial charge in [-0.1, -0.05) is 200 Å². The van der Waals surface area contributed by atoms with Crippen molar-refractivity contribution in [1.29, 1.82) is 0 Å². The van der Waals surface area contributed by atoms with Gasteiger partial charge < -0.3 is 9.13 Å². The average molecular weight is 952 g/mol. The van der Waals surface area contributed by atoms with Crippen LogP contribution >= 0.6 is 0 Å². The van der Waals surface area contributed by atoms with Gasteiger partial charge in [-0.15, -0.1) is 0 Å². The maximum Gasteiger partial charge on any atom is 0.235 e. The lowest BCUT2D eigenvalue weighted by Gasteiger charge is -2.18. The van der Waals surface area contributed by atoms with Crippen molar-refractivity contribution in [3.63, 3.8) is 0 Å². The largest absolute Gasteiger partial charge is 0.309 e. The number of para-hydroxylation sites is 3. The molecule has 4 heterocycles. The van der Waals surface area contributed by atoms with Crippen LogP contribution in [0.2, 0.25) is 0 Å². The molecule has 5 nitrogen and oxygen atoms in total. The van der Waals surface area contributed by atoms with Crippen molar-refractivity contribution >= 4 is 130 Å². The van der Waals surface area contributed by atoms with E-state index in [0.29, 0.717) is 5.95 Å². The predicted molar refractivity (Wildman–Crippen MR) is 316 cm³/mol. The highest BCUT2D eigenvalue weighted by Crippen LogP contribution is 2.50. The van der Waals surface area contributed by atoms with Crippen LogP contribution in [0, 0.1) is 0 Å². The van der Waals surface area contributed by atoms with Crippen molar-refractivity contribution in [3.05, 3.63) is 249 Å². The lowest BCUT2D eigenvalue weighted by Crippen LogP contribution is -2.05. The maximum absolute atomic E-state index is 5.87. The van der Waals surface area contributed by atoms with Crippen LogP contribution in [0.4, 0.5) is 0 Å². The van der Waals surface area contributed by atoms with Gasteiger partial charge in [0.1, 0.15) is 0 Å². The van der Waals surface area contributed by atoms with E-state index in [1.807, 2.05) is 0 Å². The van der Waals surface area contributed by atoms with Gasteiger partial charge in [-0.25, -0.2) is 9.97 Å². The minimum absolute atomic E-state index is 0.622. The van der Waals surface area contributed by atoms with Crippen LogP contribution in [0.1, 0.15) is 0 Å². The lowest BCUT2D eigenvalue weighted by atomic mass is 9.89. The van der Waals surface area contributed by atoms with Gasteiger partial charge in [-0.05, 0) is 86.2 Å². The van der Waals surface area contributed by atoms with Crippen LogP contribution in [-0.4, -0.2) is 23.7 Å². The summed E-state index contributed by atoms with van der Waals surface area (Å²) in [6.45, 7) is 0. The van der Waals surface area contributed by atoms with E-state index in [2.05, 4.69) is 262 Å². The van der Waals surface area contributed by atoms with Crippen LogP contribution in [-0.2, 0) is 0 Å². The Labute approximate surface area is 429 Å². The molecular weight excluding hydrogens is 911 g/mol. The molecule has 0 N–H and O–H groups in total. The summed E-state index contributed by atoms with van der Waals surface area (Å²) >= 11 is 0. The second-order valence-electron chi connectivity index (χ2n) is 20.0. The Kier molecular flexibility index (Phi) is 8.21. The van der Waals surface area contributed by atoms with Gasteiger partial charge in [0, 0.05) is 70.8 Å². The summed E-state index contributed by atoms with van der Waals surface area (Å²) in [6, 6.07) is 90.9. The Morgan fingerprint density at radius 3 is 1.48 bits per heavy atom. The summed E-state index contributed by atoms with van der Waals surface area (Å²) in [5, 5.41) is 20.0. The fraction of sp³-hybridized carbons (Fsp3) is 0. The number of rotatable bonds is 4. The molecule has 346 valence electrons. The van der Waals surface area contributed by atoms with Gasteiger partial charge in [0.25, 0.3) is 0 Å². The van der Waals surface area contributed by atoms with Crippen molar-refractivity contribution in [2.24, 2.45) is 0 Å². The van der Waals surface area contributed by atoms with E-state index in [9.17, 15) is 0 Å². The van der Waals surface area contributed by atoms with Gasteiger partial charge in [0.05, 0.1) is 44.3 Å². The molecule has 0 spiro atoms. The number of fused-ring (bicyclic) bond motifs is 23. The maximum atomic E-state index is 5.87. The van der Waals surface area contributed by atoms with Crippen LogP contribution in [0.5, 0.6) is 0 Å². The molecule has 5 heteroatoms. The van der Waals surface area contributed by atoms with E-state index in [1.54, 1.807) is 0 Å². The van der Waals surface area contributed by atoms with Crippen LogP contribution in [0.3, 0.4) is 0 Å². The molecule has 4 aromatic heterocycles. The molecule has 0 amide bonds. The molecule has 0 saturated heterocycles. The van der Waals surface area contributed by atoms with Crippen molar-refractivity contribution in [3.8, 4) is 28.6 Å². The van der Waals surface area contributed by atoms with Crippen LogP contribution in [0.15, 0.2) is 249 Å². The van der Waals surface area contributed by atoms with E-state index >= 15 is 0 Å². The summed E-state index contributed by atoms with van der Waals surface area (Å²) < 4.78 is 7.38. The number of hydrogen-bond acceptors (Lipinski definition) is 2. The monoisotopic (exact) mass is 951 g/mol. The van der Waals surface area contributed by atoms with Crippen molar-refractivity contribution in [2.45, 2.75) is 0 Å². The second kappa shape index (κ2) is 15.2. The second-order valence-corrected chi connectivity index (χ2v) is 20.0. The zero-order chi connectivity index (χ0) is 48.9. The first-order valence-corrected chi connectivity index (χ1v) is 25.8. The average Bonchev–Trinajstić information content (AvgIpc) is 4.17. The number of aromatic nitrogens is 5. The molecule has 0 radical (unpaired) electrons. The number of nitrogens with zero attached hydrogens (tertiary/aromatic N) is 5. The molecule has 17 rings (SSSR count). The van der Waals surface area contributed by atoms with Gasteiger partial charge >= 0.3 is 0 Å². The van der Waals surface area contributed by atoms with E-state index in [-0.39, 0.29) is 0 Å². The van der Waals surface area contributed by atoms with Crippen molar-refractivity contribution in [2.75, 3.05) is 0 Å². The molecule has 13 aromatic carbocycles. The number of hydrogen-bond donors (Lipinski definition) is 0. The topological polar surface area (TPSA) is 40.6 Å². The summed E-state index contributed by atoms with van der Waals surface area (Å²) in [7, 11) is 0. The van der Waals surface area contributed by atoms with E-state index in [4.69, 9.17) is 9.97 Å². The molecule has 0 atom stereocenters. The van der Waals surface area contributed by atoms with Crippen molar-refractivity contribution < 1.29 is 0 Å². The number of benzene rings is 13. The molecule has 0 aliphatic carbocycles. The highest BCUT2D eigenvalue weighted by molar-refractivity contribution is 6.43. The highest BCUT2D eigenvalue weighted by Gasteiger charge is 2.28. The van der Waals surface area contributed by atoms with Crippen LogP contribution < -0.4 is 0 Å². The zero-order valence-electron chi connectivity index (χ0n) is 40.4. The third kappa shape index (κ3) is 5.50. The fourth-order valence-corrected chi connectivity index (χ4v) is 13.1. The summed E-state index contributed by atoms with van der Waals surface area (Å²) in [6.07, 6.45) is 0. The SMILES string of the molecule is c1ccc(-c2nc(-n3c4c(c5ccccc5c5c6ccccc6c6ccccc6c54)c4ccc5c6ccccc6n(-c6ccc7c(c6)c6ccccc6n7-c6ccccc6)c5c43)nc3c2ccc2ccccc23)cc1. The normalized spacial score (nSPS) is 12.3. The van der Waals surface area contributed by atoms with E-state index < -0.39 is 0 Å². The molecule has 17 aromatic rings. The molecule has 0 saturated carbocycles. The fourth-order valence-electron chi connectivity index (χ4n) is 13.1. The Bertz CT molecular complexity index is 5290. The van der Waals surface area contributed by atoms with Gasteiger partial charge in [-0.3, -0.25) is 4.57 Å². The summed E-state index contributed by atoms with van der Waals surface area (Å²) in [5.41, 5.74) is 11.8. The minimum Gasteiger partial charge on any atom is -0.309 e. The standard InChI is InChI=1S/C70H41N5/c1-3-20-43(21-4-1)65-57-37-35-42-19-7-8-24-46(42)66(57)72-70(71-65)75-68-56(63-54-32-14-13-31-53(54)62-51-29-11-9-25-47(51)48-26-10-12-30-52(48)64(62)69(63)75)39-38-55-49-27-15-18-34-60(49)74(67(55)68)45-36-40-61-58(41-45)50-28-16-17-33-59(50)73(61)44-22-5-2-6-23-44/h1-41H. The summed E-state index contributed by atoms with van der Waals surface area (Å²) in [5.74, 6) is 0.622. The van der Waals surface area contributed by atoms with E-state index in [0.717, 1.165) is 82.7 Å². The Hall–Kier alpha value is -10.1. The molecule has 75 heavy (non-hydrogen) atoms. The Morgan fingerprint density at radius 2 is 0.760 bits per heavy atom. The molecular formula is C70H41N5. The summed E-state index contributed by atoms with van der Waals surface area (Å²) in [4.78, 5) is 11.7. The zero-order valence-corrected chi connectivity index (χ0v) is 40.4. The van der Waals surface area contributed by atoms with Gasteiger partial charge in [0.15, 0.2) is 0 Å². The smallest absolute Gasteiger partial charge is 0.235 e. The molecule has 0 fully saturated rings. The quantitative estimate of drug-likeness (QED) is 0.165. The Morgan fingerprint density at radius 1 is 0.253 bits per heavy atom. The van der Waals surface area contributed by atoms with E-state index in [1.165, 1.54) is 70.2 Å². The van der Waals surface area contributed by atoms with Crippen molar-refractivity contribution in [1.82, 2.24) is 23.7 Å². The third-order valence-corrected chi connectivity index (χ3v) is 16.2. The van der Waals surface area contributed by atoms with Crippen LogP contribution in [0.25, 0.3) is 159 Å². The lowest BCUT2D eigenvalue weighted by molar-refractivity contribution is 1.02. The Balaban J connectivity index is 1.13. The molecule has 0 aliphatic heterocycles. The molecule has 0 aliphatic rings. The van der Waals surface area contributed by atoms with Gasteiger partial charge in [0.2, 0.25) is 5.95 Å². The predicted octanol–water partition coefficient (Wildman–Crippen LogP) is 18.4. The first-order valence-electron chi connectivity index (χ1n) is 25.8. The first-order chi connectivity index (χ1) is 37.3. The third-order valence-electron chi connectivity index (χ3n) is 16.2. The molecule has 0 unspecified atom stereocenters. The highest BCUT2D eigenvalue weighted by atomic mass is 15.2. The minimum atomic E-state index is 0.622. The molecule has 0 bridgehead atoms. The van der Waals surface area contributed by atoms with Gasteiger partial charge in [-0.2, -0.15) is 0 Å².